The van der Waals surface area contributed by atoms with E-state index in [0.717, 1.165) is 30.6 Å². The molecule has 3 rings (SSSR count). The second-order valence-electron chi connectivity index (χ2n) is 5.28. The van der Waals surface area contributed by atoms with Gasteiger partial charge in [-0.3, -0.25) is 0 Å². The Morgan fingerprint density at radius 1 is 1.32 bits per heavy atom. The summed E-state index contributed by atoms with van der Waals surface area (Å²) < 4.78 is 1.69. The van der Waals surface area contributed by atoms with Crippen LogP contribution in [0.2, 0.25) is 0 Å². The van der Waals surface area contributed by atoms with Crippen molar-refractivity contribution in [2.75, 3.05) is 0 Å². The van der Waals surface area contributed by atoms with Gasteiger partial charge in [0.1, 0.15) is 5.69 Å². The van der Waals surface area contributed by atoms with Crippen molar-refractivity contribution < 1.29 is 4.79 Å². The van der Waals surface area contributed by atoms with Gasteiger partial charge in [0, 0.05) is 6.04 Å². The molecule has 1 aliphatic rings. The SMILES string of the molecule is O=C(NCc1cn(-c2ccccc2)nn1)N[C@H]1C=CCCC1. The van der Waals surface area contributed by atoms with Gasteiger partial charge in [0.05, 0.1) is 18.4 Å². The van der Waals surface area contributed by atoms with Crippen LogP contribution in [0.25, 0.3) is 5.69 Å². The molecule has 2 N–H and O–H groups in total. The average Bonchev–Trinajstić information content (AvgIpc) is 3.04. The second-order valence-corrected chi connectivity index (χ2v) is 5.28. The minimum atomic E-state index is -0.175. The molecule has 2 aromatic rings. The maximum Gasteiger partial charge on any atom is 0.315 e. The molecule has 22 heavy (non-hydrogen) atoms. The van der Waals surface area contributed by atoms with Crippen molar-refractivity contribution in [2.45, 2.75) is 31.8 Å². The third-order valence-corrected chi connectivity index (χ3v) is 3.56. The third-order valence-electron chi connectivity index (χ3n) is 3.56. The highest BCUT2D eigenvalue weighted by Gasteiger charge is 2.11. The number of allylic oxidation sites excluding steroid dienone is 1. The second kappa shape index (κ2) is 6.89. The molecule has 0 saturated carbocycles. The van der Waals surface area contributed by atoms with Crippen molar-refractivity contribution in [1.29, 1.82) is 0 Å². The topological polar surface area (TPSA) is 71.8 Å². The summed E-state index contributed by atoms with van der Waals surface area (Å²) >= 11 is 0. The van der Waals surface area contributed by atoms with E-state index in [1.54, 1.807) is 4.68 Å². The van der Waals surface area contributed by atoms with Gasteiger partial charge >= 0.3 is 6.03 Å². The standard InChI is InChI=1S/C16H19N5O/c22-16(18-13-7-3-1-4-8-13)17-11-14-12-21(20-19-14)15-9-5-2-6-10-15/h2-3,5-7,9-10,12-13H,1,4,8,11H2,(H2,17,18,22)/t13-/m0/s1. The lowest BCUT2D eigenvalue weighted by atomic mass is 10.0. The number of benzene rings is 1. The van der Waals surface area contributed by atoms with Crippen LogP contribution >= 0.6 is 0 Å². The predicted octanol–water partition coefficient (Wildman–Crippen LogP) is 2.18. The van der Waals surface area contributed by atoms with Crippen molar-refractivity contribution in [1.82, 2.24) is 25.6 Å². The monoisotopic (exact) mass is 297 g/mol. The zero-order valence-electron chi connectivity index (χ0n) is 12.3. The van der Waals surface area contributed by atoms with Gasteiger partial charge in [-0.2, -0.15) is 0 Å². The molecule has 114 valence electrons. The molecule has 0 bridgehead atoms. The normalized spacial score (nSPS) is 17.2. The molecule has 1 aromatic carbocycles. The Labute approximate surface area is 129 Å². The molecule has 0 saturated heterocycles. The number of hydrogen-bond donors (Lipinski definition) is 2. The number of hydrogen-bond acceptors (Lipinski definition) is 3. The third kappa shape index (κ3) is 3.72. The molecule has 1 aliphatic carbocycles. The summed E-state index contributed by atoms with van der Waals surface area (Å²) in [7, 11) is 0. The first-order valence-electron chi connectivity index (χ1n) is 7.49. The fourth-order valence-corrected chi connectivity index (χ4v) is 2.41. The van der Waals surface area contributed by atoms with Gasteiger partial charge in [0.25, 0.3) is 0 Å². The zero-order chi connectivity index (χ0) is 15.2. The summed E-state index contributed by atoms with van der Waals surface area (Å²) in [4.78, 5) is 11.9. The minimum Gasteiger partial charge on any atom is -0.332 e. The largest absolute Gasteiger partial charge is 0.332 e. The van der Waals surface area contributed by atoms with Gasteiger partial charge in [-0.05, 0) is 31.4 Å². The lowest BCUT2D eigenvalue weighted by Crippen LogP contribution is -2.41. The van der Waals surface area contributed by atoms with Crippen LogP contribution in [-0.2, 0) is 6.54 Å². The lowest BCUT2D eigenvalue weighted by molar-refractivity contribution is 0.237. The molecule has 0 radical (unpaired) electrons. The van der Waals surface area contributed by atoms with E-state index < -0.39 is 0 Å². The van der Waals surface area contributed by atoms with Crippen molar-refractivity contribution in [3.63, 3.8) is 0 Å². The van der Waals surface area contributed by atoms with Crippen molar-refractivity contribution in [3.8, 4) is 5.69 Å². The van der Waals surface area contributed by atoms with E-state index in [-0.39, 0.29) is 12.1 Å². The first-order chi connectivity index (χ1) is 10.8. The van der Waals surface area contributed by atoms with E-state index >= 15 is 0 Å². The van der Waals surface area contributed by atoms with Crippen molar-refractivity contribution >= 4 is 6.03 Å². The Morgan fingerprint density at radius 2 is 2.18 bits per heavy atom. The molecular weight excluding hydrogens is 278 g/mol. The number of carbonyl (C=O) groups excluding carboxylic acids is 1. The lowest BCUT2D eigenvalue weighted by Gasteiger charge is -2.17. The summed E-state index contributed by atoms with van der Waals surface area (Å²) in [5.41, 5.74) is 1.66. The molecule has 0 spiro atoms. The smallest absolute Gasteiger partial charge is 0.315 e. The summed E-state index contributed by atoms with van der Waals surface area (Å²) in [6.07, 6.45) is 9.19. The van der Waals surface area contributed by atoms with Gasteiger partial charge < -0.3 is 10.6 Å². The zero-order valence-corrected chi connectivity index (χ0v) is 12.3. The van der Waals surface area contributed by atoms with Crippen LogP contribution in [0.5, 0.6) is 0 Å². The van der Waals surface area contributed by atoms with Crippen LogP contribution in [0.1, 0.15) is 25.0 Å². The van der Waals surface area contributed by atoms with Crippen LogP contribution in [0.15, 0.2) is 48.7 Å². The number of urea groups is 1. The van der Waals surface area contributed by atoms with Crippen LogP contribution in [0, 0.1) is 0 Å². The van der Waals surface area contributed by atoms with Gasteiger partial charge in [0.15, 0.2) is 0 Å². The van der Waals surface area contributed by atoms with E-state index in [4.69, 9.17) is 0 Å². The number of amides is 2. The number of carbonyl (C=O) groups is 1. The fourth-order valence-electron chi connectivity index (χ4n) is 2.41. The Kier molecular flexibility index (Phi) is 4.48. The summed E-state index contributed by atoms with van der Waals surface area (Å²) in [6.45, 7) is 0.356. The highest BCUT2D eigenvalue weighted by atomic mass is 16.2. The Hall–Kier alpha value is -2.63. The summed E-state index contributed by atoms with van der Waals surface area (Å²) in [5.74, 6) is 0. The van der Waals surface area contributed by atoms with Gasteiger partial charge in [-0.25, -0.2) is 9.48 Å². The fraction of sp³-hybridized carbons (Fsp3) is 0.312. The highest BCUT2D eigenvalue weighted by Crippen LogP contribution is 2.10. The number of nitrogens with one attached hydrogen (secondary N) is 2. The number of para-hydroxylation sites is 1. The molecule has 1 atom stereocenters. The van der Waals surface area contributed by atoms with Gasteiger partial charge in [-0.15, -0.1) is 5.10 Å². The van der Waals surface area contributed by atoms with Crippen molar-refractivity contribution in [2.24, 2.45) is 0 Å². The van der Waals surface area contributed by atoms with Gasteiger partial charge in [-0.1, -0.05) is 35.6 Å². The van der Waals surface area contributed by atoms with E-state index in [0.29, 0.717) is 6.54 Å². The van der Waals surface area contributed by atoms with E-state index in [1.165, 1.54) is 0 Å². The van der Waals surface area contributed by atoms with Crippen LogP contribution < -0.4 is 10.6 Å². The molecule has 0 fully saturated rings. The van der Waals surface area contributed by atoms with Gasteiger partial charge in [0.2, 0.25) is 0 Å². The molecule has 1 heterocycles. The number of nitrogens with zero attached hydrogens (tertiary/aromatic N) is 3. The first kappa shape index (κ1) is 14.3. The quantitative estimate of drug-likeness (QED) is 0.850. The molecule has 2 amide bonds. The number of rotatable bonds is 4. The predicted molar refractivity (Wildman–Crippen MR) is 83.5 cm³/mol. The van der Waals surface area contributed by atoms with Crippen LogP contribution in [0.4, 0.5) is 4.79 Å². The molecule has 1 aromatic heterocycles. The summed E-state index contributed by atoms with van der Waals surface area (Å²) in [6, 6.07) is 9.70. The Morgan fingerprint density at radius 3 is 2.95 bits per heavy atom. The highest BCUT2D eigenvalue weighted by molar-refractivity contribution is 5.74. The molecule has 6 heteroatoms. The Balaban J connectivity index is 1.51. The van der Waals surface area contributed by atoms with Crippen LogP contribution in [0.3, 0.4) is 0 Å². The summed E-state index contributed by atoms with van der Waals surface area (Å²) in [5, 5.41) is 13.9. The first-order valence-corrected chi connectivity index (χ1v) is 7.49. The van der Waals surface area contributed by atoms with E-state index in [2.05, 4.69) is 33.1 Å². The number of aromatic nitrogens is 3. The maximum atomic E-state index is 11.9. The molecule has 6 nitrogen and oxygen atoms in total. The minimum absolute atomic E-state index is 0.133. The maximum absolute atomic E-state index is 11.9. The van der Waals surface area contributed by atoms with Crippen LogP contribution in [-0.4, -0.2) is 27.1 Å². The van der Waals surface area contributed by atoms with Crippen molar-refractivity contribution in [3.05, 3.63) is 54.4 Å². The average molecular weight is 297 g/mol. The molecular formula is C16H19N5O. The van der Waals surface area contributed by atoms with E-state index in [1.807, 2.05) is 36.5 Å². The Bertz CT molecular complexity index is 650. The molecule has 0 aliphatic heterocycles. The molecule has 0 unspecified atom stereocenters. The van der Waals surface area contributed by atoms with E-state index in [9.17, 15) is 4.79 Å².